The Balaban J connectivity index is 2.25. The number of hydrogen-bond donors (Lipinski definition) is 0. The van der Waals surface area contributed by atoms with Crippen molar-refractivity contribution in [3.05, 3.63) is 42.2 Å². The molecule has 0 bridgehead atoms. The molecule has 0 aliphatic carbocycles. The average Bonchev–Trinajstić information content (AvgIpc) is 2.49. The molecule has 1 rings (SSSR count). The van der Waals surface area contributed by atoms with Gasteiger partial charge < -0.3 is 4.74 Å². The molecule has 1 aromatic rings. The van der Waals surface area contributed by atoms with E-state index in [4.69, 9.17) is 4.74 Å². The summed E-state index contributed by atoms with van der Waals surface area (Å²) in [5.41, 5.74) is 0.0354. The van der Waals surface area contributed by atoms with E-state index in [0.29, 0.717) is 12.4 Å². The van der Waals surface area contributed by atoms with Crippen LogP contribution in [0.3, 0.4) is 0 Å². The highest BCUT2D eigenvalue weighted by molar-refractivity contribution is 6.04. The number of ether oxygens (including phenoxy) is 1. The van der Waals surface area contributed by atoms with Gasteiger partial charge in [-0.3, -0.25) is 4.79 Å². The minimum absolute atomic E-state index is 0.0354. The maximum absolute atomic E-state index is 13.7. The van der Waals surface area contributed by atoms with Gasteiger partial charge in [0.25, 0.3) is 0 Å². The van der Waals surface area contributed by atoms with Gasteiger partial charge in [0.15, 0.2) is 5.78 Å². The summed E-state index contributed by atoms with van der Waals surface area (Å²) in [5.74, 6) is -0.498. The summed E-state index contributed by atoms with van der Waals surface area (Å²) in [6.45, 7) is 6.14. The van der Waals surface area contributed by atoms with Gasteiger partial charge in [0.1, 0.15) is 11.6 Å². The fourth-order valence-corrected chi connectivity index (χ4v) is 2.14. The second-order valence-electron chi connectivity index (χ2n) is 5.18. The summed E-state index contributed by atoms with van der Waals surface area (Å²) in [4.78, 5) is 11.4. The van der Waals surface area contributed by atoms with Crippen molar-refractivity contribution in [1.29, 1.82) is 0 Å². The molecule has 0 atom stereocenters. The summed E-state index contributed by atoms with van der Waals surface area (Å²) >= 11 is 0. The lowest BCUT2D eigenvalue weighted by molar-refractivity contribution is 0.104. The maximum Gasteiger partial charge on any atom is 0.188 e. The largest absolute Gasteiger partial charge is 0.493 e. The minimum atomic E-state index is -0.558. The van der Waals surface area contributed by atoms with Gasteiger partial charge in [0.05, 0.1) is 12.2 Å². The van der Waals surface area contributed by atoms with Crippen LogP contribution in [0.4, 0.5) is 4.39 Å². The number of unbranched alkanes of at least 4 members (excludes halogenated alkanes) is 6. The lowest BCUT2D eigenvalue weighted by Gasteiger charge is -2.07. The second kappa shape index (κ2) is 10.1. The van der Waals surface area contributed by atoms with Crippen molar-refractivity contribution in [2.45, 2.75) is 51.9 Å². The van der Waals surface area contributed by atoms with Gasteiger partial charge in [0, 0.05) is 6.07 Å². The number of halogens is 1. The molecular formula is C18H25FO2. The lowest BCUT2D eigenvalue weighted by atomic mass is 10.1. The molecule has 1 aromatic carbocycles. The first-order valence-corrected chi connectivity index (χ1v) is 7.78. The van der Waals surface area contributed by atoms with Crippen LogP contribution in [0.2, 0.25) is 0 Å². The van der Waals surface area contributed by atoms with E-state index in [1.807, 2.05) is 0 Å². The number of ketones is 1. The Bertz CT molecular complexity index is 455. The van der Waals surface area contributed by atoms with Crippen LogP contribution < -0.4 is 4.74 Å². The van der Waals surface area contributed by atoms with E-state index in [1.165, 1.54) is 44.2 Å². The molecule has 0 radical (unpaired) electrons. The minimum Gasteiger partial charge on any atom is -0.493 e. The van der Waals surface area contributed by atoms with Gasteiger partial charge in [-0.1, -0.05) is 52.0 Å². The highest BCUT2D eigenvalue weighted by atomic mass is 19.1. The molecule has 3 heteroatoms. The average molecular weight is 292 g/mol. The van der Waals surface area contributed by atoms with Crippen LogP contribution in [0.15, 0.2) is 30.9 Å². The molecule has 2 nitrogen and oxygen atoms in total. The monoisotopic (exact) mass is 292 g/mol. The van der Waals surface area contributed by atoms with Gasteiger partial charge in [0.2, 0.25) is 0 Å². The molecule has 0 amide bonds. The Morgan fingerprint density at radius 3 is 2.48 bits per heavy atom. The van der Waals surface area contributed by atoms with Gasteiger partial charge in [-0.15, -0.1) is 0 Å². The van der Waals surface area contributed by atoms with E-state index in [-0.39, 0.29) is 5.56 Å². The van der Waals surface area contributed by atoms with Gasteiger partial charge >= 0.3 is 0 Å². The summed E-state index contributed by atoms with van der Waals surface area (Å²) in [6, 6.07) is 4.33. The molecule has 0 heterocycles. The first-order chi connectivity index (χ1) is 10.2. The van der Waals surface area contributed by atoms with Crippen LogP contribution in [-0.2, 0) is 0 Å². The third-order valence-corrected chi connectivity index (χ3v) is 3.41. The van der Waals surface area contributed by atoms with Gasteiger partial charge in [-0.2, -0.15) is 0 Å². The molecule has 0 aromatic heterocycles. The van der Waals surface area contributed by atoms with Gasteiger partial charge in [-0.05, 0) is 24.6 Å². The summed E-state index contributed by atoms with van der Waals surface area (Å²) in [6.07, 6.45) is 9.61. The molecule has 21 heavy (non-hydrogen) atoms. The fourth-order valence-electron chi connectivity index (χ4n) is 2.14. The Morgan fingerprint density at radius 1 is 1.19 bits per heavy atom. The van der Waals surface area contributed by atoms with E-state index >= 15 is 0 Å². The predicted octanol–water partition coefficient (Wildman–Crippen LogP) is 5.32. The molecule has 0 aliphatic rings. The third-order valence-electron chi connectivity index (χ3n) is 3.41. The number of carbonyl (C=O) groups is 1. The first-order valence-electron chi connectivity index (χ1n) is 7.78. The van der Waals surface area contributed by atoms with Crippen molar-refractivity contribution in [3.63, 3.8) is 0 Å². The Labute approximate surface area is 127 Å². The zero-order chi connectivity index (χ0) is 15.5. The molecule has 0 unspecified atom stereocenters. The van der Waals surface area contributed by atoms with Crippen LogP contribution in [0.1, 0.15) is 62.2 Å². The van der Waals surface area contributed by atoms with Gasteiger partial charge in [-0.25, -0.2) is 4.39 Å². The Hall–Kier alpha value is -1.64. The standard InChI is InChI=1S/C18H25FO2/c1-3-5-6-7-8-9-10-13-21-15-11-12-16(17(19)14-15)18(20)4-2/h4,11-12,14H,2-3,5-10,13H2,1H3. The van der Waals surface area contributed by atoms with Crippen LogP contribution in [0.25, 0.3) is 0 Å². The maximum atomic E-state index is 13.7. The summed E-state index contributed by atoms with van der Waals surface area (Å²) in [5, 5.41) is 0. The molecule has 0 saturated carbocycles. The van der Waals surface area contributed by atoms with Crippen molar-refractivity contribution < 1.29 is 13.9 Å². The zero-order valence-electron chi connectivity index (χ0n) is 12.9. The first kappa shape index (κ1) is 17.4. The van der Waals surface area contributed by atoms with Crippen LogP contribution in [0, 0.1) is 5.82 Å². The van der Waals surface area contributed by atoms with Crippen molar-refractivity contribution >= 4 is 5.78 Å². The van der Waals surface area contributed by atoms with E-state index in [2.05, 4.69) is 13.5 Å². The molecule has 0 saturated heterocycles. The van der Waals surface area contributed by atoms with Crippen LogP contribution >= 0.6 is 0 Å². The second-order valence-corrected chi connectivity index (χ2v) is 5.18. The number of rotatable bonds is 11. The number of carbonyl (C=O) groups excluding carboxylic acids is 1. The number of hydrogen-bond acceptors (Lipinski definition) is 2. The molecule has 116 valence electrons. The van der Waals surface area contributed by atoms with E-state index in [0.717, 1.165) is 18.9 Å². The van der Waals surface area contributed by atoms with Crippen LogP contribution in [0.5, 0.6) is 5.75 Å². The number of benzene rings is 1. The van der Waals surface area contributed by atoms with Crippen molar-refractivity contribution in [2.75, 3.05) is 6.61 Å². The quantitative estimate of drug-likeness (QED) is 0.313. The molecule has 0 spiro atoms. The summed E-state index contributed by atoms with van der Waals surface area (Å²) < 4.78 is 19.2. The SMILES string of the molecule is C=CC(=O)c1ccc(OCCCCCCCCC)cc1F. The normalized spacial score (nSPS) is 10.4. The molecule has 0 aliphatic heterocycles. The highest BCUT2D eigenvalue weighted by Crippen LogP contribution is 2.18. The predicted molar refractivity (Wildman–Crippen MR) is 84.4 cm³/mol. The number of allylic oxidation sites excluding steroid dienone is 1. The Morgan fingerprint density at radius 2 is 1.86 bits per heavy atom. The third kappa shape index (κ3) is 6.56. The summed E-state index contributed by atoms with van der Waals surface area (Å²) in [7, 11) is 0. The fraction of sp³-hybridized carbons (Fsp3) is 0.500. The topological polar surface area (TPSA) is 26.3 Å². The molecule has 0 N–H and O–H groups in total. The highest BCUT2D eigenvalue weighted by Gasteiger charge is 2.09. The van der Waals surface area contributed by atoms with E-state index in [9.17, 15) is 9.18 Å². The van der Waals surface area contributed by atoms with Crippen molar-refractivity contribution in [3.8, 4) is 5.75 Å². The van der Waals surface area contributed by atoms with E-state index in [1.54, 1.807) is 6.07 Å². The van der Waals surface area contributed by atoms with E-state index < -0.39 is 11.6 Å². The smallest absolute Gasteiger partial charge is 0.188 e. The lowest BCUT2D eigenvalue weighted by Crippen LogP contribution is -2.01. The molecule has 0 fully saturated rings. The van der Waals surface area contributed by atoms with Crippen molar-refractivity contribution in [2.24, 2.45) is 0 Å². The Kier molecular flexibility index (Phi) is 8.41. The van der Waals surface area contributed by atoms with Crippen LogP contribution in [-0.4, -0.2) is 12.4 Å². The zero-order valence-corrected chi connectivity index (χ0v) is 12.9. The van der Waals surface area contributed by atoms with Crippen molar-refractivity contribution in [1.82, 2.24) is 0 Å². The molecular weight excluding hydrogens is 267 g/mol.